The van der Waals surface area contributed by atoms with Gasteiger partial charge in [-0.05, 0) is 29.9 Å². The third-order valence-corrected chi connectivity index (χ3v) is 4.50. The lowest BCUT2D eigenvalue weighted by molar-refractivity contribution is -0.118. The molecule has 1 aliphatic rings. The Hall–Kier alpha value is -2.08. The number of hydrogen-bond donors (Lipinski definition) is 1. The Morgan fingerprint density at radius 3 is 2.67 bits per heavy atom. The summed E-state index contributed by atoms with van der Waals surface area (Å²) >= 11 is 0. The van der Waals surface area contributed by atoms with Crippen LogP contribution in [0.25, 0.3) is 6.08 Å². The normalized spacial score (nSPS) is 26.0. The van der Waals surface area contributed by atoms with E-state index in [9.17, 15) is 10.1 Å². The quantitative estimate of drug-likeness (QED) is 0.681. The number of benzene rings is 1. The molecule has 3 heteroatoms. The first-order chi connectivity index (χ1) is 10.1. The van der Waals surface area contributed by atoms with Gasteiger partial charge in [-0.3, -0.25) is 4.79 Å². The van der Waals surface area contributed by atoms with Crippen LogP contribution in [0.15, 0.2) is 35.9 Å². The summed E-state index contributed by atoms with van der Waals surface area (Å²) in [6.45, 7) is 4.41. The number of amides is 1. The minimum Gasteiger partial charge on any atom is -0.348 e. The molecule has 0 heterocycles. The van der Waals surface area contributed by atoms with Gasteiger partial charge in [-0.2, -0.15) is 5.26 Å². The van der Waals surface area contributed by atoms with Crippen molar-refractivity contribution >= 4 is 12.0 Å². The molecule has 3 nitrogen and oxygen atoms in total. The molecule has 1 saturated carbocycles. The van der Waals surface area contributed by atoms with Crippen LogP contribution in [0.4, 0.5) is 0 Å². The zero-order valence-corrected chi connectivity index (χ0v) is 12.7. The fraction of sp³-hybridized carbons (Fsp3) is 0.444. The maximum atomic E-state index is 12.3. The van der Waals surface area contributed by atoms with Gasteiger partial charge in [-0.15, -0.1) is 0 Å². The number of nitrogens with zero attached hydrogens (tertiary/aromatic N) is 1. The first-order valence-corrected chi connectivity index (χ1v) is 7.59. The second-order valence-corrected chi connectivity index (χ2v) is 5.93. The van der Waals surface area contributed by atoms with Crippen molar-refractivity contribution in [3.63, 3.8) is 0 Å². The minimum atomic E-state index is -0.257. The lowest BCUT2D eigenvalue weighted by atomic mass is 9.78. The first-order valence-electron chi connectivity index (χ1n) is 7.59. The van der Waals surface area contributed by atoms with Crippen molar-refractivity contribution < 1.29 is 4.79 Å². The summed E-state index contributed by atoms with van der Waals surface area (Å²) in [5, 5.41) is 12.3. The molecule has 1 fully saturated rings. The molecule has 110 valence electrons. The second-order valence-electron chi connectivity index (χ2n) is 5.93. The van der Waals surface area contributed by atoms with E-state index in [0.717, 1.165) is 18.4 Å². The van der Waals surface area contributed by atoms with Gasteiger partial charge in [0.25, 0.3) is 5.91 Å². The maximum absolute atomic E-state index is 12.3. The van der Waals surface area contributed by atoms with Gasteiger partial charge in [0.15, 0.2) is 0 Å². The van der Waals surface area contributed by atoms with Gasteiger partial charge in [0, 0.05) is 6.04 Å². The number of carbonyl (C=O) groups excluding carboxylic acids is 1. The van der Waals surface area contributed by atoms with Crippen molar-refractivity contribution in [2.45, 2.75) is 39.2 Å². The molecule has 0 radical (unpaired) electrons. The number of nitriles is 1. The third-order valence-electron chi connectivity index (χ3n) is 4.50. The Balaban J connectivity index is 2.07. The number of carbonyl (C=O) groups is 1. The van der Waals surface area contributed by atoms with Crippen LogP contribution in [0.1, 0.15) is 38.7 Å². The van der Waals surface area contributed by atoms with Crippen molar-refractivity contribution in [1.82, 2.24) is 5.32 Å². The van der Waals surface area contributed by atoms with Gasteiger partial charge in [-0.25, -0.2) is 0 Å². The number of nitrogens with one attached hydrogen (secondary N) is 1. The average Bonchev–Trinajstić information content (AvgIpc) is 2.50. The van der Waals surface area contributed by atoms with E-state index in [1.54, 1.807) is 6.08 Å². The van der Waals surface area contributed by atoms with Crippen molar-refractivity contribution in [2.75, 3.05) is 0 Å². The zero-order valence-electron chi connectivity index (χ0n) is 12.7. The second kappa shape index (κ2) is 7.08. The van der Waals surface area contributed by atoms with Crippen LogP contribution in [-0.2, 0) is 4.79 Å². The van der Waals surface area contributed by atoms with Crippen molar-refractivity contribution in [3.8, 4) is 6.07 Å². The van der Waals surface area contributed by atoms with Gasteiger partial charge in [0.05, 0.1) is 0 Å². The van der Waals surface area contributed by atoms with Gasteiger partial charge >= 0.3 is 0 Å². The van der Waals surface area contributed by atoms with E-state index in [2.05, 4.69) is 19.2 Å². The Morgan fingerprint density at radius 2 is 2.00 bits per heavy atom. The van der Waals surface area contributed by atoms with Crippen LogP contribution in [0.2, 0.25) is 0 Å². The van der Waals surface area contributed by atoms with Gasteiger partial charge in [-0.1, -0.05) is 57.0 Å². The SMILES string of the molecule is CC1CCCC(NC(=O)/C(C#N)=C/c2ccccc2)C1C. The van der Waals surface area contributed by atoms with Crippen molar-refractivity contribution in [3.05, 3.63) is 41.5 Å². The molecule has 0 bridgehead atoms. The van der Waals surface area contributed by atoms with Crippen molar-refractivity contribution in [2.24, 2.45) is 11.8 Å². The van der Waals surface area contributed by atoms with E-state index in [1.165, 1.54) is 6.42 Å². The zero-order chi connectivity index (χ0) is 15.2. The van der Waals surface area contributed by atoms with Gasteiger partial charge < -0.3 is 5.32 Å². The minimum absolute atomic E-state index is 0.173. The highest BCUT2D eigenvalue weighted by molar-refractivity contribution is 6.01. The maximum Gasteiger partial charge on any atom is 0.262 e. The van der Waals surface area contributed by atoms with E-state index in [4.69, 9.17) is 0 Å². The largest absolute Gasteiger partial charge is 0.348 e. The van der Waals surface area contributed by atoms with E-state index in [1.807, 2.05) is 36.4 Å². The summed E-state index contributed by atoms with van der Waals surface area (Å²) in [5.74, 6) is 0.819. The summed E-state index contributed by atoms with van der Waals surface area (Å²) < 4.78 is 0. The van der Waals surface area contributed by atoms with Crippen LogP contribution >= 0.6 is 0 Å². The first kappa shape index (κ1) is 15.3. The molecule has 2 rings (SSSR count). The van der Waals surface area contributed by atoms with E-state index >= 15 is 0 Å². The fourth-order valence-electron chi connectivity index (χ4n) is 2.90. The van der Waals surface area contributed by atoms with Crippen LogP contribution in [-0.4, -0.2) is 11.9 Å². The molecular formula is C18H22N2O. The van der Waals surface area contributed by atoms with Crippen LogP contribution in [0, 0.1) is 23.2 Å². The predicted molar refractivity (Wildman–Crippen MR) is 84.1 cm³/mol. The summed E-state index contributed by atoms with van der Waals surface area (Å²) in [5.41, 5.74) is 1.04. The molecule has 1 aromatic carbocycles. The van der Waals surface area contributed by atoms with Gasteiger partial charge in [0.1, 0.15) is 11.6 Å². The number of rotatable bonds is 3. The summed E-state index contributed by atoms with van der Waals surface area (Å²) in [4.78, 5) is 12.3. The molecule has 0 aromatic heterocycles. The fourth-order valence-corrected chi connectivity index (χ4v) is 2.90. The molecule has 0 saturated heterocycles. The highest BCUT2D eigenvalue weighted by Gasteiger charge is 2.28. The Bertz CT molecular complexity index is 556. The molecule has 1 amide bonds. The van der Waals surface area contributed by atoms with Gasteiger partial charge in [0.2, 0.25) is 0 Å². The standard InChI is InChI=1S/C18H22N2O/c1-13-7-6-10-17(14(13)2)20-18(21)16(12-19)11-15-8-4-3-5-9-15/h3-5,8-9,11,13-14,17H,6-7,10H2,1-2H3,(H,20,21)/b16-11+. The molecule has 0 spiro atoms. The monoisotopic (exact) mass is 282 g/mol. The molecule has 1 aromatic rings. The van der Waals surface area contributed by atoms with Crippen molar-refractivity contribution in [1.29, 1.82) is 5.26 Å². The summed E-state index contributed by atoms with van der Waals surface area (Å²) in [6, 6.07) is 11.7. The van der Waals surface area contributed by atoms with E-state index in [-0.39, 0.29) is 17.5 Å². The predicted octanol–water partition coefficient (Wildman–Crippen LogP) is 3.53. The lowest BCUT2D eigenvalue weighted by Crippen LogP contribution is -2.44. The summed E-state index contributed by atoms with van der Waals surface area (Å²) in [6.07, 6.45) is 5.01. The Morgan fingerprint density at radius 1 is 1.29 bits per heavy atom. The Labute approximate surface area is 126 Å². The summed E-state index contributed by atoms with van der Waals surface area (Å²) in [7, 11) is 0. The molecule has 0 aliphatic heterocycles. The van der Waals surface area contributed by atoms with Crippen LogP contribution in [0.5, 0.6) is 0 Å². The highest BCUT2D eigenvalue weighted by Crippen LogP contribution is 2.29. The smallest absolute Gasteiger partial charge is 0.262 e. The van der Waals surface area contributed by atoms with E-state index in [0.29, 0.717) is 11.8 Å². The highest BCUT2D eigenvalue weighted by atomic mass is 16.1. The van der Waals surface area contributed by atoms with Crippen LogP contribution < -0.4 is 5.32 Å². The molecule has 1 aliphatic carbocycles. The molecule has 3 unspecified atom stereocenters. The van der Waals surface area contributed by atoms with Crippen LogP contribution in [0.3, 0.4) is 0 Å². The lowest BCUT2D eigenvalue weighted by Gasteiger charge is -2.34. The number of hydrogen-bond acceptors (Lipinski definition) is 2. The van der Waals surface area contributed by atoms with E-state index < -0.39 is 0 Å². The molecular weight excluding hydrogens is 260 g/mol. The molecule has 3 atom stereocenters. The third kappa shape index (κ3) is 3.95. The Kier molecular flexibility index (Phi) is 5.16. The molecule has 1 N–H and O–H groups in total. The average molecular weight is 282 g/mol. The topological polar surface area (TPSA) is 52.9 Å². The molecule has 21 heavy (non-hydrogen) atoms.